The van der Waals surface area contributed by atoms with Gasteiger partial charge in [-0.05, 0) is 63.4 Å². The molecule has 0 bridgehead atoms. The molecule has 2 aromatic rings. The van der Waals surface area contributed by atoms with Crippen LogP contribution in [0.5, 0.6) is 0 Å². The van der Waals surface area contributed by atoms with Crippen molar-refractivity contribution >= 4 is 23.5 Å². The zero-order valence-electron chi connectivity index (χ0n) is 22.2. The highest BCUT2D eigenvalue weighted by Crippen LogP contribution is 2.20. The van der Waals surface area contributed by atoms with E-state index in [9.17, 15) is 9.90 Å². The number of anilines is 1. The van der Waals surface area contributed by atoms with Crippen molar-refractivity contribution in [2.75, 3.05) is 31.5 Å². The summed E-state index contributed by atoms with van der Waals surface area (Å²) < 4.78 is 5.01. The van der Waals surface area contributed by atoms with Gasteiger partial charge in [0.15, 0.2) is 5.96 Å². The number of aromatic nitrogens is 2. The molecule has 14 nitrogen and oxygen atoms in total. The molecule has 10 N–H and O–H groups in total. The third-order valence-corrected chi connectivity index (χ3v) is 5.91. The van der Waals surface area contributed by atoms with Gasteiger partial charge in [0.05, 0.1) is 0 Å². The van der Waals surface area contributed by atoms with E-state index in [-0.39, 0.29) is 11.8 Å². The number of rotatable bonds is 14. The number of hydrogen-bond donors (Lipinski definition) is 7. The number of nitrogens with two attached hydrogens (primary N) is 3. The number of carbonyl (C=O) groups is 1. The van der Waals surface area contributed by atoms with Gasteiger partial charge in [-0.25, -0.2) is 9.79 Å². The number of amidine groups is 1. The van der Waals surface area contributed by atoms with Gasteiger partial charge < -0.3 is 42.4 Å². The number of aliphatic imine (C=N–C) groups is 2. The largest absolute Gasteiger partial charge is 0.370 e. The fraction of sp³-hybridized carbons (Fsp3) is 0.480. The number of hydrogen-bond acceptors (Lipinski definition) is 10. The Kier molecular flexibility index (Phi) is 11.7. The summed E-state index contributed by atoms with van der Waals surface area (Å²) in [6, 6.07) is 6.87. The first-order valence-corrected chi connectivity index (χ1v) is 13.0. The SMILES string of the molecule is Cc1nc(-c2cccc(NC(=O)NC3=NC(O)N(CCC[C@H](CCCN=C(N)N)NCCCN)C=C3)c2)no1. The van der Waals surface area contributed by atoms with E-state index in [0.29, 0.717) is 48.6 Å². The minimum Gasteiger partial charge on any atom is -0.370 e. The van der Waals surface area contributed by atoms with Gasteiger partial charge in [-0.3, -0.25) is 10.3 Å². The number of nitrogens with zero attached hydrogens (tertiary/aromatic N) is 5. The minimum absolute atomic E-state index is 0.102. The molecule has 212 valence electrons. The molecule has 0 aliphatic carbocycles. The van der Waals surface area contributed by atoms with Gasteiger partial charge in [0.2, 0.25) is 18.1 Å². The number of urea groups is 1. The van der Waals surface area contributed by atoms with Crippen LogP contribution >= 0.6 is 0 Å². The first-order chi connectivity index (χ1) is 18.8. The van der Waals surface area contributed by atoms with E-state index >= 15 is 0 Å². The van der Waals surface area contributed by atoms with E-state index in [1.807, 2.05) is 6.07 Å². The molecule has 39 heavy (non-hydrogen) atoms. The summed E-state index contributed by atoms with van der Waals surface area (Å²) in [5.74, 6) is 1.24. The first-order valence-electron chi connectivity index (χ1n) is 13.0. The van der Waals surface area contributed by atoms with Crippen LogP contribution in [0.4, 0.5) is 10.5 Å². The van der Waals surface area contributed by atoms with Gasteiger partial charge in [0, 0.05) is 43.5 Å². The molecule has 0 saturated carbocycles. The van der Waals surface area contributed by atoms with E-state index < -0.39 is 12.4 Å². The van der Waals surface area contributed by atoms with Crippen LogP contribution in [0.1, 0.15) is 38.0 Å². The molecule has 0 spiro atoms. The van der Waals surface area contributed by atoms with Gasteiger partial charge in [-0.2, -0.15) is 4.98 Å². The van der Waals surface area contributed by atoms with Gasteiger partial charge >= 0.3 is 6.03 Å². The van der Waals surface area contributed by atoms with E-state index in [4.69, 9.17) is 21.7 Å². The lowest BCUT2D eigenvalue weighted by atomic mass is 10.1. The quantitative estimate of drug-likeness (QED) is 0.101. The Morgan fingerprint density at radius 3 is 2.77 bits per heavy atom. The van der Waals surface area contributed by atoms with Crippen molar-refractivity contribution in [1.82, 2.24) is 25.7 Å². The molecule has 0 fully saturated rings. The molecule has 2 amide bonds. The molecule has 0 radical (unpaired) electrons. The number of benzene rings is 1. The maximum absolute atomic E-state index is 12.5. The van der Waals surface area contributed by atoms with Crippen LogP contribution in [0.25, 0.3) is 11.4 Å². The molecule has 1 aliphatic heterocycles. The normalized spacial score (nSPS) is 15.5. The van der Waals surface area contributed by atoms with E-state index in [1.54, 1.807) is 42.3 Å². The minimum atomic E-state index is -1.10. The smallest absolute Gasteiger partial charge is 0.324 e. The predicted molar refractivity (Wildman–Crippen MR) is 151 cm³/mol. The lowest BCUT2D eigenvalue weighted by molar-refractivity contribution is 0.0422. The molecule has 1 aliphatic rings. The number of aliphatic hydroxyl groups is 1. The molecule has 0 saturated heterocycles. The molecule has 2 heterocycles. The Balaban J connectivity index is 1.44. The molecule has 1 aromatic carbocycles. The fourth-order valence-electron chi connectivity index (χ4n) is 4.00. The highest BCUT2D eigenvalue weighted by atomic mass is 16.5. The molecular weight excluding hydrogens is 502 g/mol. The summed E-state index contributed by atoms with van der Waals surface area (Å²) >= 11 is 0. The van der Waals surface area contributed by atoms with Crippen molar-refractivity contribution in [3.63, 3.8) is 0 Å². The molecule has 1 unspecified atom stereocenters. The monoisotopic (exact) mass is 541 g/mol. The van der Waals surface area contributed by atoms with Crippen LogP contribution in [-0.2, 0) is 0 Å². The molecule has 3 rings (SSSR count). The Morgan fingerprint density at radius 2 is 2.05 bits per heavy atom. The standard InChI is InChI=1S/C25H39N11O3/c1-17-31-22(35-39-17)18-6-2-7-20(16-18)32-24(37)33-21-10-15-36(25(38)34-21)14-4-9-19(29-13-5-11-26)8-3-12-30-23(27)28/h2,6-7,10,15-16,19,25,29,38H,3-5,8-9,11-14,26H2,1H3,(H4,27,28,30)(H2,32,33,34,37)/t19-,25?/m0/s1. The van der Waals surface area contributed by atoms with Crippen LogP contribution in [0, 0.1) is 6.92 Å². The van der Waals surface area contributed by atoms with Crippen molar-refractivity contribution < 1.29 is 14.4 Å². The van der Waals surface area contributed by atoms with Crippen molar-refractivity contribution in [1.29, 1.82) is 0 Å². The van der Waals surface area contributed by atoms with Crippen LogP contribution in [0.2, 0.25) is 0 Å². The Hall–Kier alpha value is -4.01. The summed E-state index contributed by atoms with van der Waals surface area (Å²) in [6.45, 7) is 4.38. The van der Waals surface area contributed by atoms with Crippen LogP contribution in [0.3, 0.4) is 0 Å². The summed E-state index contributed by atoms with van der Waals surface area (Å²) in [7, 11) is 0. The van der Waals surface area contributed by atoms with Gasteiger partial charge in [-0.1, -0.05) is 17.3 Å². The molecule has 14 heteroatoms. The predicted octanol–water partition coefficient (Wildman–Crippen LogP) is 0.811. The maximum atomic E-state index is 12.5. The van der Waals surface area contributed by atoms with E-state index in [0.717, 1.165) is 38.6 Å². The van der Waals surface area contributed by atoms with Crippen molar-refractivity contribution in [3.05, 3.63) is 42.4 Å². The second kappa shape index (κ2) is 15.4. The summed E-state index contributed by atoms with van der Waals surface area (Å²) in [5, 5.41) is 23.3. The maximum Gasteiger partial charge on any atom is 0.324 e. The number of aryl methyl sites for hydroxylation is 1. The highest BCUT2D eigenvalue weighted by molar-refractivity contribution is 6.08. The lowest BCUT2D eigenvalue weighted by Gasteiger charge is -2.28. The molecule has 2 atom stereocenters. The number of guanidine groups is 1. The van der Waals surface area contributed by atoms with Crippen molar-refractivity contribution in [2.24, 2.45) is 27.2 Å². The zero-order chi connectivity index (χ0) is 28.0. The first kappa shape index (κ1) is 29.5. The number of amides is 2. The zero-order valence-corrected chi connectivity index (χ0v) is 22.2. The third-order valence-electron chi connectivity index (χ3n) is 5.91. The van der Waals surface area contributed by atoms with Crippen molar-refractivity contribution in [3.8, 4) is 11.4 Å². The topological polar surface area (TPSA) is 218 Å². The average Bonchev–Trinajstić information content (AvgIpc) is 3.34. The lowest BCUT2D eigenvalue weighted by Crippen LogP contribution is -2.40. The van der Waals surface area contributed by atoms with Gasteiger partial charge in [0.1, 0.15) is 5.84 Å². The molecule has 1 aromatic heterocycles. The van der Waals surface area contributed by atoms with E-state index in [1.165, 1.54) is 0 Å². The second-order valence-corrected chi connectivity index (χ2v) is 9.10. The van der Waals surface area contributed by atoms with Crippen LogP contribution in [-0.4, -0.2) is 76.5 Å². The van der Waals surface area contributed by atoms with Crippen LogP contribution < -0.4 is 33.2 Å². The highest BCUT2D eigenvalue weighted by Gasteiger charge is 2.18. The second-order valence-electron chi connectivity index (χ2n) is 9.10. The number of carbonyl (C=O) groups excluding carboxylic acids is 1. The fourth-order valence-corrected chi connectivity index (χ4v) is 4.00. The Morgan fingerprint density at radius 1 is 1.23 bits per heavy atom. The molecular formula is C25H39N11O3. The van der Waals surface area contributed by atoms with Crippen LogP contribution in [0.15, 0.2) is 51.0 Å². The van der Waals surface area contributed by atoms with Gasteiger partial charge in [-0.15, -0.1) is 0 Å². The van der Waals surface area contributed by atoms with Crippen molar-refractivity contribution in [2.45, 2.75) is 51.4 Å². The summed E-state index contributed by atoms with van der Waals surface area (Å²) in [6.07, 6.45) is 6.72. The van der Waals surface area contributed by atoms with E-state index in [2.05, 4.69) is 36.1 Å². The summed E-state index contributed by atoms with van der Waals surface area (Å²) in [5.41, 5.74) is 17.7. The third kappa shape index (κ3) is 10.3. The Labute approximate surface area is 227 Å². The number of nitrogens with one attached hydrogen (secondary N) is 3. The number of aliphatic hydroxyl groups excluding tert-OH is 1. The van der Waals surface area contributed by atoms with Gasteiger partial charge in [0.25, 0.3) is 0 Å². The summed E-state index contributed by atoms with van der Waals surface area (Å²) in [4.78, 5) is 26.6. The Bertz CT molecular complexity index is 1140. The average molecular weight is 542 g/mol.